The van der Waals surface area contributed by atoms with Crippen molar-refractivity contribution in [2.45, 2.75) is 26.2 Å². The van der Waals surface area contributed by atoms with Gasteiger partial charge in [-0.05, 0) is 37.0 Å². The van der Waals surface area contributed by atoms with Gasteiger partial charge in [-0.2, -0.15) is 0 Å². The number of aryl methyl sites for hydroxylation is 1. The van der Waals surface area contributed by atoms with E-state index in [4.69, 9.17) is 9.47 Å². The number of likely N-dealkylation sites (tertiary alicyclic amines) is 1. The average Bonchev–Trinajstić information content (AvgIpc) is 2.69. The Labute approximate surface area is 155 Å². The monoisotopic (exact) mass is 360 g/mol. The lowest BCUT2D eigenvalue weighted by atomic mass is 9.95. The fourth-order valence-electron chi connectivity index (χ4n) is 3.71. The highest BCUT2D eigenvalue weighted by Crippen LogP contribution is 2.22. The molecule has 6 nitrogen and oxygen atoms in total. The molecule has 2 fully saturated rings. The molecule has 2 amide bonds. The van der Waals surface area contributed by atoms with Crippen molar-refractivity contribution in [3.05, 3.63) is 29.3 Å². The van der Waals surface area contributed by atoms with Crippen molar-refractivity contribution in [3.63, 3.8) is 0 Å². The first-order chi connectivity index (χ1) is 12.6. The summed E-state index contributed by atoms with van der Waals surface area (Å²) in [6, 6.07) is 5.87. The first kappa shape index (κ1) is 18.7. The van der Waals surface area contributed by atoms with Crippen molar-refractivity contribution >= 4 is 11.8 Å². The molecule has 2 aliphatic heterocycles. The second-order valence-corrected chi connectivity index (χ2v) is 7.10. The highest BCUT2D eigenvalue weighted by molar-refractivity contribution is 5.82. The van der Waals surface area contributed by atoms with E-state index in [9.17, 15) is 9.59 Å². The Morgan fingerprint density at radius 3 is 2.69 bits per heavy atom. The van der Waals surface area contributed by atoms with Gasteiger partial charge in [-0.25, -0.2) is 0 Å². The number of benzene rings is 1. The normalized spacial score (nSPS) is 20.8. The minimum Gasteiger partial charge on any atom is -0.496 e. The third-order valence-corrected chi connectivity index (χ3v) is 5.27. The summed E-state index contributed by atoms with van der Waals surface area (Å²) in [6.07, 6.45) is 2.08. The summed E-state index contributed by atoms with van der Waals surface area (Å²) in [4.78, 5) is 29.2. The smallest absolute Gasteiger partial charge is 0.227 e. The van der Waals surface area contributed by atoms with Crippen molar-refractivity contribution in [2.75, 3.05) is 46.5 Å². The number of hydrogen-bond acceptors (Lipinski definition) is 4. The zero-order valence-electron chi connectivity index (χ0n) is 15.7. The highest BCUT2D eigenvalue weighted by Gasteiger charge is 2.31. The van der Waals surface area contributed by atoms with Crippen LogP contribution < -0.4 is 4.74 Å². The van der Waals surface area contributed by atoms with Crippen molar-refractivity contribution in [2.24, 2.45) is 5.92 Å². The van der Waals surface area contributed by atoms with Gasteiger partial charge in [-0.3, -0.25) is 9.59 Å². The number of hydrogen-bond donors (Lipinski definition) is 0. The zero-order chi connectivity index (χ0) is 18.5. The van der Waals surface area contributed by atoms with Gasteiger partial charge >= 0.3 is 0 Å². The van der Waals surface area contributed by atoms with E-state index < -0.39 is 0 Å². The number of carbonyl (C=O) groups excluding carboxylic acids is 2. The maximum absolute atomic E-state index is 12.7. The average molecular weight is 360 g/mol. The van der Waals surface area contributed by atoms with Gasteiger partial charge in [0.1, 0.15) is 5.75 Å². The van der Waals surface area contributed by atoms with Gasteiger partial charge in [0.05, 0.1) is 32.7 Å². The van der Waals surface area contributed by atoms with Crippen molar-refractivity contribution in [1.82, 2.24) is 9.80 Å². The Hall–Kier alpha value is -2.08. The first-order valence-corrected chi connectivity index (χ1v) is 9.36. The lowest BCUT2D eigenvalue weighted by Gasteiger charge is -2.36. The van der Waals surface area contributed by atoms with Crippen molar-refractivity contribution in [1.29, 1.82) is 0 Å². The van der Waals surface area contributed by atoms with Crippen LogP contribution in [0, 0.1) is 12.8 Å². The van der Waals surface area contributed by atoms with Crippen LogP contribution in [0.3, 0.4) is 0 Å². The molecule has 2 heterocycles. The van der Waals surface area contributed by atoms with Crippen LogP contribution in [0.15, 0.2) is 18.2 Å². The van der Waals surface area contributed by atoms with Crippen LogP contribution >= 0.6 is 0 Å². The number of rotatable bonds is 4. The van der Waals surface area contributed by atoms with Gasteiger partial charge in [0.2, 0.25) is 11.8 Å². The number of carbonyl (C=O) groups is 2. The minimum absolute atomic E-state index is 0.0791. The number of amides is 2. The van der Waals surface area contributed by atoms with Gasteiger partial charge < -0.3 is 19.3 Å². The van der Waals surface area contributed by atoms with Gasteiger partial charge in [0.25, 0.3) is 0 Å². The molecule has 1 unspecified atom stereocenters. The lowest BCUT2D eigenvalue weighted by molar-refractivity contribution is -0.143. The van der Waals surface area contributed by atoms with Crippen LogP contribution in [0.2, 0.25) is 0 Å². The summed E-state index contributed by atoms with van der Waals surface area (Å²) >= 11 is 0. The molecule has 0 saturated carbocycles. The molecule has 0 spiro atoms. The first-order valence-electron chi connectivity index (χ1n) is 9.36. The molecule has 0 bridgehead atoms. The highest BCUT2D eigenvalue weighted by atomic mass is 16.5. The molecule has 0 N–H and O–H groups in total. The van der Waals surface area contributed by atoms with E-state index in [1.54, 1.807) is 7.11 Å². The fraction of sp³-hybridized carbons (Fsp3) is 0.600. The molecule has 6 heteroatoms. The van der Waals surface area contributed by atoms with Crippen molar-refractivity contribution < 1.29 is 19.1 Å². The van der Waals surface area contributed by atoms with E-state index in [-0.39, 0.29) is 17.7 Å². The minimum atomic E-state index is -0.0849. The van der Waals surface area contributed by atoms with E-state index in [2.05, 4.69) is 0 Å². The second kappa shape index (κ2) is 8.54. The topological polar surface area (TPSA) is 59.1 Å². The van der Waals surface area contributed by atoms with Gasteiger partial charge in [0.15, 0.2) is 0 Å². The summed E-state index contributed by atoms with van der Waals surface area (Å²) in [5.74, 6) is 0.964. The van der Waals surface area contributed by atoms with E-state index in [1.807, 2.05) is 34.9 Å². The van der Waals surface area contributed by atoms with Gasteiger partial charge in [-0.1, -0.05) is 12.1 Å². The predicted octanol–water partition coefficient (Wildman–Crippen LogP) is 1.64. The molecule has 3 rings (SSSR count). The van der Waals surface area contributed by atoms with Gasteiger partial charge in [0, 0.05) is 26.2 Å². The van der Waals surface area contributed by atoms with E-state index >= 15 is 0 Å². The molecule has 1 aromatic rings. The number of piperidine rings is 1. The molecule has 0 aliphatic carbocycles. The van der Waals surface area contributed by atoms with E-state index in [0.717, 1.165) is 36.3 Å². The van der Waals surface area contributed by atoms with Crippen LogP contribution in [-0.2, 0) is 20.7 Å². The molecule has 142 valence electrons. The Bertz CT molecular complexity index is 655. The summed E-state index contributed by atoms with van der Waals surface area (Å²) in [7, 11) is 1.64. The zero-order valence-corrected chi connectivity index (χ0v) is 15.7. The Morgan fingerprint density at radius 2 is 1.96 bits per heavy atom. The molecule has 0 aromatic heterocycles. The summed E-state index contributed by atoms with van der Waals surface area (Å²) in [6.45, 7) is 5.77. The molecule has 26 heavy (non-hydrogen) atoms. The Morgan fingerprint density at radius 1 is 1.19 bits per heavy atom. The number of morpholine rings is 1. The molecule has 1 aromatic carbocycles. The Kier molecular flexibility index (Phi) is 6.14. The maximum Gasteiger partial charge on any atom is 0.227 e. The maximum atomic E-state index is 12.7. The fourth-order valence-corrected chi connectivity index (χ4v) is 3.71. The molecule has 1 atom stereocenters. The van der Waals surface area contributed by atoms with Crippen LogP contribution in [0.1, 0.15) is 24.0 Å². The number of methoxy groups -OCH3 is 1. The number of ether oxygens (including phenoxy) is 2. The lowest BCUT2D eigenvalue weighted by Crippen LogP contribution is -2.49. The number of nitrogens with zero attached hydrogens (tertiary/aromatic N) is 2. The van der Waals surface area contributed by atoms with E-state index in [0.29, 0.717) is 39.3 Å². The largest absolute Gasteiger partial charge is 0.496 e. The summed E-state index contributed by atoms with van der Waals surface area (Å²) in [5.41, 5.74) is 2.00. The molecular weight excluding hydrogens is 332 g/mol. The van der Waals surface area contributed by atoms with Crippen LogP contribution in [-0.4, -0.2) is 68.1 Å². The molecular formula is C20H28N2O4. The SMILES string of the molecule is COc1cc(CC(=O)N2CCCC(C(=O)N3CCOCC3)C2)ccc1C. The standard InChI is InChI=1S/C20H28N2O4/c1-15-5-6-16(12-18(15)25-2)13-19(23)22-7-3-4-17(14-22)20(24)21-8-10-26-11-9-21/h5-6,12,17H,3-4,7-11,13-14H2,1-2H3. The second-order valence-electron chi connectivity index (χ2n) is 7.10. The van der Waals surface area contributed by atoms with Crippen molar-refractivity contribution in [3.8, 4) is 5.75 Å². The quantitative estimate of drug-likeness (QED) is 0.819. The van der Waals surface area contributed by atoms with Gasteiger partial charge in [-0.15, -0.1) is 0 Å². The summed E-state index contributed by atoms with van der Waals surface area (Å²) < 4.78 is 10.7. The molecule has 0 radical (unpaired) electrons. The van der Waals surface area contributed by atoms with Crippen LogP contribution in [0.25, 0.3) is 0 Å². The van der Waals surface area contributed by atoms with Crippen LogP contribution in [0.5, 0.6) is 5.75 Å². The third-order valence-electron chi connectivity index (χ3n) is 5.27. The predicted molar refractivity (Wildman–Crippen MR) is 98.1 cm³/mol. The van der Waals surface area contributed by atoms with Crippen LogP contribution in [0.4, 0.5) is 0 Å². The molecule has 2 aliphatic rings. The Balaban J connectivity index is 1.60. The molecule has 2 saturated heterocycles. The summed E-state index contributed by atoms with van der Waals surface area (Å²) in [5, 5.41) is 0. The van der Waals surface area contributed by atoms with E-state index in [1.165, 1.54) is 0 Å². The third kappa shape index (κ3) is 4.36.